The number of rotatable bonds is 20. The molecule has 1 aliphatic rings. The lowest BCUT2D eigenvalue weighted by Crippen LogP contribution is -2.38. The topological polar surface area (TPSA) is 220 Å². The summed E-state index contributed by atoms with van der Waals surface area (Å²) in [6.45, 7) is 16.1. The van der Waals surface area contributed by atoms with Crippen LogP contribution in [0.3, 0.4) is 0 Å². The first-order chi connectivity index (χ1) is 29.9. The highest BCUT2D eigenvalue weighted by Crippen LogP contribution is 2.35. The van der Waals surface area contributed by atoms with Crippen LogP contribution in [0, 0.1) is 0 Å². The molecule has 2 heterocycles. The molecule has 0 radical (unpaired) electrons. The number of nitrogens with one attached hydrogen (secondary N) is 1. The number of ketones is 1. The number of carbonyl (C=O) groups is 3. The number of Topliss-reactive ketones (excluding diaryl/α,β-unsaturated/α-hetero) is 1. The SMILES string of the molecule is C=CC1=C(\C=C)N(C(=O)CCC(C)=O)Cc2ccccc2/C(N(N)CCOCCOCCOCCNC(=O)c2ccc(-c3cc(=O)c4ccc(O)c(O)c4o3)cc2)=C\1N.CCC. The second kappa shape index (κ2) is 24.1. The van der Waals surface area contributed by atoms with Crippen molar-refractivity contribution in [2.75, 3.05) is 52.7 Å². The second-order valence-corrected chi connectivity index (χ2v) is 14.2. The van der Waals surface area contributed by atoms with Crippen LogP contribution in [-0.4, -0.2) is 90.5 Å². The maximum absolute atomic E-state index is 13.3. The fraction of sp³-hybridized carbons (Fsp3) is 0.319. The maximum atomic E-state index is 13.3. The number of amides is 2. The fourth-order valence-corrected chi connectivity index (χ4v) is 6.36. The smallest absolute Gasteiger partial charge is 0.251 e. The summed E-state index contributed by atoms with van der Waals surface area (Å²) in [4.78, 5) is 51.7. The number of allylic oxidation sites excluding steroid dienone is 2. The van der Waals surface area contributed by atoms with Gasteiger partial charge in [0.25, 0.3) is 5.91 Å². The van der Waals surface area contributed by atoms with E-state index < -0.39 is 11.5 Å². The first kappa shape index (κ1) is 48.1. The summed E-state index contributed by atoms with van der Waals surface area (Å²) >= 11 is 0. The Balaban J connectivity index is 0.00000273. The average Bonchev–Trinajstić information content (AvgIpc) is 3.25. The summed E-state index contributed by atoms with van der Waals surface area (Å²) < 4.78 is 22.6. The lowest BCUT2D eigenvalue weighted by atomic mass is 9.95. The van der Waals surface area contributed by atoms with Gasteiger partial charge in [-0.05, 0) is 42.8 Å². The molecule has 0 saturated carbocycles. The number of nitrogens with two attached hydrogens (primary N) is 2. The molecule has 3 aromatic carbocycles. The molecular weight excluding hydrogens is 795 g/mol. The van der Waals surface area contributed by atoms with Crippen LogP contribution in [-0.2, 0) is 30.3 Å². The van der Waals surface area contributed by atoms with Gasteiger partial charge in [-0.1, -0.05) is 75.9 Å². The van der Waals surface area contributed by atoms with E-state index in [-0.39, 0.29) is 78.9 Å². The molecular formula is C47H57N5O10. The molecule has 0 spiro atoms. The monoisotopic (exact) mass is 851 g/mol. The Bertz CT molecular complexity index is 2330. The van der Waals surface area contributed by atoms with E-state index in [4.69, 9.17) is 30.2 Å². The van der Waals surface area contributed by atoms with Gasteiger partial charge in [-0.2, -0.15) is 0 Å². The average molecular weight is 852 g/mol. The molecule has 0 saturated heterocycles. The minimum atomic E-state index is -0.524. The van der Waals surface area contributed by atoms with Crippen molar-refractivity contribution < 1.29 is 43.2 Å². The normalized spacial score (nSPS) is 14.8. The predicted octanol–water partition coefficient (Wildman–Crippen LogP) is 5.91. The van der Waals surface area contributed by atoms with E-state index in [1.54, 1.807) is 41.3 Å². The number of ether oxygens (including phenoxy) is 3. The third-order valence-corrected chi connectivity index (χ3v) is 9.42. The molecule has 1 aromatic heterocycles. The zero-order chi connectivity index (χ0) is 45.2. The Morgan fingerprint density at radius 2 is 1.55 bits per heavy atom. The van der Waals surface area contributed by atoms with Gasteiger partial charge in [-0.15, -0.1) is 0 Å². The van der Waals surface area contributed by atoms with Gasteiger partial charge in [0.2, 0.25) is 11.7 Å². The van der Waals surface area contributed by atoms with Crippen molar-refractivity contribution in [3.05, 3.63) is 136 Å². The van der Waals surface area contributed by atoms with Crippen LogP contribution in [0.15, 0.2) is 118 Å². The number of hydrogen-bond acceptors (Lipinski definition) is 13. The number of nitrogens with zero attached hydrogens (tertiary/aromatic N) is 2. The van der Waals surface area contributed by atoms with Crippen LogP contribution in [0.1, 0.15) is 61.5 Å². The van der Waals surface area contributed by atoms with E-state index in [0.717, 1.165) is 11.1 Å². The molecule has 0 aliphatic carbocycles. The number of aromatic hydroxyl groups is 2. The largest absolute Gasteiger partial charge is 0.504 e. The van der Waals surface area contributed by atoms with Crippen LogP contribution < -0.4 is 22.3 Å². The van der Waals surface area contributed by atoms with E-state index in [9.17, 15) is 29.4 Å². The number of carbonyl (C=O) groups excluding carboxylic acids is 3. The number of fused-ring (bicyclic) bond motifs is 2. The summed E-state index contributed by atoms with van der Waals surface area (Å²) in [5, 5.41) is 24.3. The van der Waals surface area contributed by atoms with E-state index in [1.165, 1.54) is 36.6 Å². The van der Waals surface area contributed by atoms with Gasteiger partial charge >= 0.3 is 0 Å². The molecule has 2 amide bonds. The zero-order valence-corrected chi connectivity index (χ0v) is 35.6. The number of phenols is 2. The number of hydrazine groups is 1. The van der Waals surface area contributed by atoms with Crippen molar-refractivity contribution in [1.82, 2.24) is 15.2 Å². The van der Waals surface area contributed by atoms with Gasteiger partial charge in [0.1, 0.15) is 11.5 Å². The van der Waals surface area contributed by atoms with Gasteiger partial charge < -0.3 is 54.6 Å². The number of phenolic OH excluding ortho intramolecular Hbond substituents is 2. The first-order valence-electron chi connectivity index (χ1n) is 20.4. The Hall–Kier alpha value is -6.52. The van der Waals surface area contributed by atoms with Crippen molar-refractivity contribution in [3.63, 3.8) is 0 Å². The highest BCUT2D eigenvalue weighted by atomic mass is 16.5. The van der Waals surface area contributed by atoms with Crippen molar-refractivity contribution in [2.24, 2.45) is 11.6 Å². The van der Waals surface area contributed by atoms with Crippen molar-refractivity contribution >= 4 is 34.3 Å². The molecule has 15 nitrogen and oxygen atoms in total. The van der Waals surface area contributed by atoms with Crippen LogP contribution >= 0.6 is 0 Å². The Morgan fingerprint density at radius 3 is 2.19 bits per heavy atom. The molecule has 0 unspecified atom stereocenters. The highest BCUT2D eigenvalue weighted by Gasteiger charge is 2.28. The summed E-state index contributed by atoms with van der Waals surface area (Å²) in [7, 11) is 0. The summed E-state index contributed by atoms with van der Waals surface area (Å²) in [5.41, 5.74) is 10.5. The first-order valence-corrected chi connectivity index (χ1v) is 20.4. The van der Waals surface area contributed by atoms with Crippen LogP contribution in [0.4, 0.5) is 0 Å². The van der Waals surface area contributed by atoms with Crippen molar-refractivity contribution in [1.29, 1.82) is 0 Å². The highest BCUT2D eigenvalue weighted by molar-refractivity contribution is 5.94. The lowest BCUT2D eigenvalue weighted by molar-refractivity contribution is -0.131. The Morgan fingerprint density at radius 1 is 0.903 bits per heavy atom. The maximum Gasteiger partial charge on any atom is 0.251 e. The van der Waals surface area contributed by atoms with Crippen LogP contribution in [0.25, 0.3) is 28.0 Å². The van der Waals surface area contributed by atoms with Gasteiger partial charge in [-0.3, -0.25) is 14.4 Å². The zero-order valence-electron chi connectivity index (χ0n) is 35.6. The molecule has 5 rings (SSSR count). The molecule has 7 N–H and O–H groups in total. The van der Waals surface area contributed by atoms with E-state index in [1.807, 2.05) is 24.3 Å². The van der Waals surface area contributed by atoms with Crippen LogP contribution in [0.2, 0.25) is 0 Å². The van der Waals surface area contributed by atoms with Gasteiger partial charge in [0.15, 0.2) is 16.8 Å². The molecule has 62 heavy (non-hydrogen) atoms. The third-order valence-electron chi connectivity index (χ3n) is 9.42. The standard InChI is InChI=1S/C44H49N5O10.C3H8/c1-4-32-35(5-2)48(39(53)17-10-28(3)50)27-31-8-6-7-9-33(31)41(40(32)45)49(46)19-21-57-23-25-58-24-22-56-20-18-47-44(55)30-13-11-29(12-14-30)38-26-37(52)34-15-16-36(51)42(54)43(34)59-38;1-3-2/h4-9,11-16,26,51,54H,1-2,10,17-25,27,45-46H2,3H3,(H,47,55);3H2,1-2H3/b35-32-,41-40-;. The predicted molar refractivity (Wildman–Crippen MR) is 238 cm³/mol. The number of benzene rings is 3. The van der Waals surface area contributed by atoms with Crippen LogP contribution in [0.5, 0.6) is 11.5 Å². The molecule has 330 valence electrons. The second-order valence-electron chi connectivity index (χ2n) is 14.2. The molecule has 15 heteroatoms. The minimum Gasteiger partial charge on any atom is -0.504 e. The summed E-state index contributed by atoms with van der Waals surface area (Å²) in [6, 6.07) is 17.8. The molecule has 0 fully saturated rings. The van der Waals surface area contributed by atoms with Gasteiger partial charge in [-0.25, -0.2) is 5.84 Å². The van der Waals surface area contributed by atoms with E-state index in [2.05, 4.69) is 32.3 Å². The van der Waals surface area contributed by atoms with Crippen molar-refractivity contribution in [2.45, 2.75) is 46.6 Å². The third kappa shape index (κ3) is 12.8. The minimum absolute atomic E-state index is 0.0496. The van der Waals surface area contributed by atoms with Crippen molar-refractivity contribution in [3.8, 4) is 22.8 Å². The van der Waals surface area contributed by atoms with E-state index in [0.29, 0.717) is 66.8 Å². The fourth-order valence-electron chi connectivity index (χ4n) is 6.36. The van der Waals surface area contributed by atoms with Gasteiger partial charge in [0, 0.05) is 47.7 Å². The lowest BCUT2D eigenvalue weighted by Gasteiger charge is -2.33. The molecule has 4 aromatic rings. The summed E-state index contributed by atoms with van der Waals surface area (Å²) in [6.07, 6.45) is 4.54. The van der Waals surface area contributed by atoms with Gasteiger partial charge in [0.05, 0.1) is 75.2 Å². The quantitative estimate of drug-likeness (QED) is 0.0303. The molecule has 1 aliphatic heterocycles. The number of hydrogen-bond donors (Lipinski definition) is 5. The Labute approximate surface area is 361 Å². The molecule has 0 bridgehead atoms. The van der Waals surface area contributed by atoms with E-state index >= 15 is 0 Å². The Kier molecular flexibility index (Phi) is 18.7. The molecule has 0 atom stereocenters. The summed E-state index contributed by atoms with van der Waals surface area (Å²) in [5.74, 6) is 5.21.